The summed E-state index contributed by atoms with van der Waals surface area (Å²) in [6.07, 6.45) is 0.365. The SMILES string of the molecule is Cc1[nH]c(=O)[nH]c(=O)c1/C=N\NC(=O)[C@H](C)NC(=O)OC(C)(C)C. The minimum atomic E-state index is -0.896. The second-order valence-corrected chi connectivity index (χ2v) is 6.05. The van der Waals surface area contributed by atoms with Gasteiger partial charge >= 0.3 is 11.8 Å². The third-order valence-corrected chi connectivity index (χ3v) is 2.67. The van der Waals surface area contributed by atoms with Crippen molar-refractivity contribution in [2.24, 2.45) is 5.10 Å². The summed E-state index contributed by atoms with van der Waals surface area (Å²) in [5, 5.41) is 5.99. The number of nitrogens with one attached hydrogen (secondary N) is 4. The smallest absolute Gasteiger partial charge is 0.408 e. The molecule has 1 atom stereocenters. The van der Waals surface area contributed by atoms with Crippen LogP contribution in [0.5, 0.6) is 0 Å². The number of H-pyrrole nitrogens is 2. The maximum Gasteiger partial charge on any atom is 0.408 e. The third-order valence-electron chi connectivity index (χ3n) is 2.67. The number of carbonyl (C=O) groups excluding carboxylic acids is 2. The van der Waals surface area contributed by atoms with Gasteiger partial charge in [-0.15, -0.1) is 0 Å². The zero-order chi connectivity index (χ0) is 18.5. The van der Waals surface area contributed by atoms with Gasteiger partial charge in [0.05, 0.1) is 11.8 Å². The Balaban J connectivity index is 2.64. The molecule has 0 aromatic carbocycles. The molecule has 1 aromatic rings. The normalized spacial score (nSPS) is 12.7. The highest BCUT2D eigenvalue weighted by molar-refractivity contribution is 5.87. The van der Waals surface area contributed by atoms with Crippen molar-refractivity contribution in [1.82, 2.24) is 20.7 Å². The standard InChI is InChI=1S/C14H21N5O5/c1-7-9(11(21)18-12(22)16-7)6-15-19-10(20)8(2)17-13(23)24-14(3,4)5/h6,8H,1-5H3,(H,17,23)(H,19,20)(H2,16,18,21,22)/b15-6-/t8-/m0/s1. The molecular formula is C14H21N5O5. The number of ether oxygens (including phenoxy) is 1. The molecule has 0 aliphatic carbocycles. The van der Waals surface area contributed by atoms with Crippen molar-refractivity contribution in [3.8, 4) is 0 Å². The molecule has 10 heteroatoms. The highest BCUT2D eigenvalue weighted by atomic mass is 16.6. The van der Waals surface area contributed by atoms with Gasteiger partial charge in [-0.05, 0) is 34.6 Å². The highest BCUT2D eigenvalue weighted by Gasteiger charge is 2.20. The maximum absolute atomic E-state index is 11.8. The number of alkyl carbamates (subject to hydrolysis) is 1. The van der Waals surface area contributed by atoms with Crippen LogP contribution in [0.3, 0.4) is 0 Å². The Morgan fingerprint density at radius 3 is 2.42 bits per heavy atom. The fraction of sp³-hybridized carbons (Fsp3) is 0.500. The van der Waals surface area contributed by atoms with Gasteiger partial charge in [0.1, 0.15) is 11.6 Å². The molecule has 132 valence electrons. The van der Waals surface area contributed by atoms with Crippen LogP contribution >= 0.6 is 0 Å². The lowest BCUT2D eigenvalue weighted by molar-refractivity contribution is -0.122. The molecule has 0 saturated carbocycles. The molecule has 24 heavy (non-hydrogen) atoms. The molecule has 4 N–H and O–H groups in total. The fourth-order valence-electron chi connectivity index (χ4n) is 1.57. The third kappa shape index (κ3) is 6.07. The van der Waals surface area contributed by atoms with Gasteiger partial charge in [0.2, 0.25) is 0 Å². The van der Waals surface area contributed by atoms with Crippen molar-refractivity contribution in [2.75, 3.05) is 0 Å². The molecule has 1 heterocycles. The topological polar surface area (TPSA) is 146 Å². The molecule has 0 saturated heterocycles. The Bertz CT molecular complexity index is 756. The molecule has 0 aliphatic heterocycles. The largest absolute Gasteiger partial charge is 0.444 e. The predicted molar refractivity (Wildman–Crippen MR) is 87.0 cm³/mol. The molecule has 0 aliphatic rings. The van der Waals surface area contributed by atoms with E-state index in [1.807, 2.05) is 4.98 Å². The Morgan fingerprint density at radius 2 is 1.88 bits per heavy atom. The van der Waals surface area contributed by atoms with E-state index in [1.165, 1.54) is 13.8 Å². The van der Waals surface area contributed by atoms with E-state index < -0.39 is 34.9 Å². The number of aromatic nitrogens is 2. The van der Waals surface area contributed by atoms with Gasteiger partial charge in [0, 0.05) is 5.69 Å². The van der Waals surface area contributed by atoms with E-state index in [9.17, 15) is 19.2 Å². The van der Waals surface area contributed by atoms with Gasteiger partial charge in [-0.3, -0.25) is 14.6 Å². The van der Waals surface area contributed by atoms with Crippen LogP contribution in [-0.2, 0) is 9.53 Å². The first-order chi connectivity index (χ1) is 11.0. The molecule has 1 aromatic heterocycles. The van der Waals surface area contributed by atoms with Crippen molar-refractivity contribution in [2.45, 2.75) is 46.3 Å². The average Bonchev–Trinajstić information content (AvgIpc) is 2.38. The lowest BCUT2D eigenvalue weighted by Crippen LogP contribution is -2.45. The molecule has 0 unspecified atom stereocenters. The first-order valence-electron chi connectivity index (χ1n) is 7.15. The fourth-order valence-corrected chi connectivity index (χ4v) is 1.57. The molecule has 0 bridgehead atoms. The van der Waals surface area contributed by atoms with E-state index >= 15 is 0 Å². The summed E-state index contributed by atoms with van der Waals surface area (Å²) in [4.78, 5) is 50.5. The van der Waals surface area contributed by atoms with E-state index in [4.69, 9.17) is 4.74 Å². The molecular weight excluding hydrogens is 318 g/mol. The van der Waals surface area contributed by atoms with Gasteiger partial charge in [0.25, 0.3) is 11.5 Å². The van der Waals surface area contributed by atoms with Gasteiger partial charge in [-0.25, -0.2) is 15.0 Å². The monoisotopic (exact) mass is 339 g/mol. The highest BCUT2D eigenvalue weighted by Crippen LogP contribution is 2.06. The molecule has 0 fully saturated rings. The minimum Gasteiger partial charge on any atom is -0.444 e. The molecule has 1 rings (SSSR count). The van der Waals surface area contributed by atoms with Crippen LogP contribution in [0, 0.1) is 6.92 Å². The average molecular weight is 339 g/mol. The van der Waals surface area contributed by atoms with Gasteiger partial charge in [-0.2, -0.15) is 5.10 Å². The first kappa shape index (κ1) is 19.1. The van der Waals surface area contributed by atoms with Crippen molar-refractivity contribution in [3.63, 3.8) is 0 Å². The molecule has 2 amide bonds. The predicted octanol–water partition coefficient (Wildman–Crippen LogP) is -0.265. The van der Waals surface area contributed by atoms with E-state index in [0.29, 0.717) is 5.69 Å². The summed E-state index contributed by atoms with van der Waals surface area (Å²) < 4.78 is 5.03. The Labute approximate surface area is 137 Å². The summed E-state index contributed by atoms with van der Waals surface area (Å²) in [7, 11) is 0. The van der Waals surface area contributed by atoms with Crippen molar-refractivity contribution >= 4 is 18.2 Å². The molecule has 10 nitrogen and oxygen atoms in total. The second kappa shape index (κ2) is 7.57. The number of rotatable bonds is 4. The van der Waals surface area contributed by atoms with Crippen LogP contribution in [-0.4, -0.2) is 39.8 Å². The second-order valence-electron chi connectivity index (χ2n) is 6.05. The van der Waals surface area contributed by atoms with Crippen LogP contribution in [0.1, 0.15) is 39.0 Å². The zero-order valence-corrected chi connectivity index (χ0v) is 14.1. The van der Waals surface area contributed by atoms with Crippen LogP contribution in [0.4, 0.5) is 4.79 Å². The van der Waals surface area contributed by atoms with Gasteiger partial charge in [0.15, 0.2) is 0 Å². The maximum atomic E-state index is 11.8. The van der Waals surface area contributed by atoms with Gasteiger partial charge in [-0.1, -0.05) is 0 Å². The number of carbonyl (C=O) groups is 2. The Morgan fingerprint density at radius 1 is 1.25 bits per heavy atom. The summed E-state index contributed by atoms with van der Waals surface area (Å²) in [6.45, 7) is 8.07. The van der Waals surface area contributed by atoms with Crippen molar-refractivity contribution in [1.29, 1.82) is 0 Å². The minimum absolute atomic E-state index is 0.0997. The summed E-state index contributed by atoms with van der Waals surface area (Å²) in [5.41, 5.74) is 0.650. The number of hydrogen-bond acceptors (Lipinski definition) is 6. The van der Waals surface area contributed by atoms with E-state index in [-0.39, 0.29) is 5.56 Å². The number of hydrogen-bond donors (Lipinski definition) is 4. The van der Waals surface area contributed by atoms with Crippen molar-refractivity contribution in [3.05, 3.63) is 32.1 Å². The van der Waals surface area contributed by atoms with Gasteiger partial charge < -0.3 is 15.0 Å². The quantitative estimate of drug-likeness (QED) is 0.441. The number of aryl methyl sites for hydroxylation is 1. The van der Waals surface area contributed by atoms with Crippen molar-refractivity contribution < 1.29 is 14.3 Å². The van der Waals surface area contributed by atoms with E-state index in [0.717, 1.165) is 6.21 Å². The number of aromatic amines is 2. The molecule has 0 radical (unpaired) electrons. The first-order valence-corrected chi connectivity index (χ1v) is 7.15. The van der Waals surface area contributed by atoms with Crippen LogP contribution in [0.25, 0.3) is 0 Å². The van der Waals surface area contributed by atoms with Crippen LogP contribution in [0.2, 0.25) is 0 Å². The van der Waals surface area contributed by atoms with E-state index in [1.54, 1.807) is 20.8 Å². The van der Waals surface area contributed by atoms with Crippen LogP contribution < -0.4 is 22.0 Å². The Kier molecular flexibility index (Phi) is 6.04. The summed E-state index contributed by atoms with van der Waals surface area (Å²) >= 11 is 0. The number of hydrazone groups is 1. The van der Waals surface area contributed by atoms with E-state index in [2.05, 4.69) is 20.8 Å². The lowest BCUT2D eigenvalue weighted by atomic mass is 10.2. The lowest BCUT2D eigenvalue weighted by Gasteiger charge is -2.21. The zero-order valence-electron chi connectivity index (χ0n) is 14.1. The summed E-state index contributed by atoms with van der Waals surface area (Å²) in [5.74, 6) is -0.601. The van der Waals surface area contributed by atoms with Crippen LogP contribution in [0.15, 0.2) is 14.7 Å². The number of amides is 2. The molecule has 0 spiro atoms. The number of nitrogens with zero attached hydrogens (tertiary/aromatic N) is 1. The Hall–Kier alpha value is -2.91. The summed E-state index contributed by atoms with van der Waals surface area (Å²) in [6, 6.07) is -0.896.